The van der Waals surface area contributed by atoms with Crippen molar-refractivity contribution in [3.63, 3.8) is 0 Å². The summed E-state index contributed by atoms with van der Waals surface area (Å²) in [6.45, 7) is 4.00. The van der Waals surface area contributed by atoms with Gasteiger partial charge in [-0.2, -0.15) is 0 Å². The Morgan fingerprint density at radius 1 is 1.03 bits per heavy atom. The van der Waals surface area contributed by atoms with E-state index in [0.717, 1.165) is 5.56 Å². The van der Waals surface area contributed by atoms with Gasteiger partial charge in [-0.3, -0.25) is 9.59 Å². The van der Waals surface area contributed by atoms with Gasteiger partial charge in [0.15, 0.2) is 6.61 Å². The zero-order valence-corrected chi connectivity index (χ0v) is 18.6. The maximum Gasteiger partial charge on any atom is 0.258 e. The summed E-state index contributed by atoms with van der Waals surface area (Å²) in [5, 5.41) is 6.38. The second kappa shape index (κ2) is 11.6. The average molecular weight is 432 g/mol. The number of halogens is 1. The Bertz CT molecular complexity index is 827. The standard InChI is InChI=1S/C23H30ClN3O3/c1-16(2)22(26-21(28)15-30-17-10-6-5-7-11-17)23(29)25-14-20(27(3)4)18-12-8-9-13-19(18)24/h5-13,16,20,22H,14-15H2,1-4H3,(H,25,29)(H,26,28)/t20?,22-/m0/s1. The zero-order valence-electron chi connectivity index (χ0n) is 17.9. The van der Waals surface area contributed by atoms with Crippen molar-refractivity contribution in [2.24, 2.45) is 5.92 Å². The Hall–Kier alpha value is -2.57. The summed E-state index contributed by atoms with van der Waals surface area (Å²) in [5.41, 5.74) is 0.936. The Labute approximate surface area is 183 Å². The first-order valence-electron chi connectivity index (χ1n) is 9.95. The summed E-state index contributed by atoms with van der Waals surface area (Å²) < 4.78 is 5.46. The molecular formula is C23H30ClN3O3. The number of amides is 2. The number of nitrogens with one attached hydrogen (secondary N) is 2. The smallest absolute Gasteiger partial charge is 0.258 e. The van der Waals surface area contributed by atoms with E-state index >= 15 is 0 Å². The number of rotatable bonds is 10. The number of carbonyl (C=O) groups is 2. The Kier molecular flexibility index (Phi) is 9.15. The van der Waals surface area contributed by atoms with Gasteiger partial charge < -0.3 is 20.3 Å². The molecule has 0 radical (unpaired) electrons. The van der Waals surface area contributed by atoms with Crippen molar-refractivity contribution in [1.29, 1.82) is 0 Å². The summed E-state index contributed by atoms with van der Waals surface area (Å²) in [6, 6.07) is 15.9. The van der Waals surface area contributed by atoms with Crippen LogP contribution in [0.25, 0.3) is 0 Å². The van der Waals surface area contributed by atoms with Gasteiger partial charge in [0.25, 0.3) is 5.91 Å². The van der Waals surface area contributed by atoms with E-state index in [1.54, 1.807) is 12.1 Å². The number of hydrogen-bond acceptors (Lipinski definition) is 4. The van der Waals surface area contributed by atoms with Crippen LogP contribution in [0.15, 0.2) is 54.6 Å². The van der Waals surface area contributed by atoms with Crippen LogP contribution in [-0.4, -0.2) is 50.0 Å². The fourth-order valence-electron chi connectivity index (χ4n) is 3.04. The van der Waals surface area contributed by atoms with Gasteiger partial charge in [-0.25, -0.2) is 0 Å². The maximum absolute atomic E-state index is 12.8. The minimum Gasteiger partial charge on any atom is -0.484 e. The van der Waals surface area contributed by atoms with E-state index in [-0.39, 0.29) is 30.4 Å². The molecular weight excluding hydrogens is 402 g/mol. The van der Waals surface area contributed by atoms with Crippen molar-refractivity contribution in [2.45, 2.75) is 25.9 Å². The second-order valence-electron chi connectivity index (χ2n) is 7.64. The van der Waals surface area contributed by atoms with E-state index in [2.05, 4.69) is 10.6 Å². The van der Waals surface area contributed by atoms with Crippen molar-refractivity contribution < 1.29 is 14.3 Å². The van der Waals surface area contributed by atoms with Crippen LogP contribution in [0, 0.1) is 5.92 Å². The number of hydrogen-bond donors (Lipinski definition) is 2. The normalized spacial score (nSPS) is 13.0. The number of carbonyl (C=O) groups excluding carboxylic acids is 2. The lowest BCUT2D eigenvalue weighted by atomic mass is 10.0. The van der Waals surface area contributed by atoms with Gasteiger partial charge in [-0.15, -0.1) is 0 Å². The molecule has 7 heteroatoms. The molecule has 2 aromatic carbocycles. The molecule has 0 aliphatic rings. The number of ether oxygens (including phenoxy) is 1. The molecule has 6 nitrogen and oxygen atoms in total. The zero-order chi connectivity index (χ0) is 22.1. The van der Waals surface area contributed by atoms with Crippen LogP contribution in [0.4, 0.5) is 0 Å². The van der Waals surface area contributed by atoms with E-state index in [0.29, 0.717) is 17.3 Å². The molecule has 2 N–H and O–H groups in total. The monoisotopic (exact) mass is 431 g/mol. The highest BCUT2D eigenvalue weighted by Crippen LogP contribution is 2.25. The fourth-order valence-corrected chi connectivity index (χ4v) is 3.30. The van der Waals surface area contributed by atoms with Crippen LogP contribution in [-0.2, 0) is 9.59 Å². The summed E-state index contributed by atoms with van der Waals surface area (Å²) in [4.78, 5) is 27.1. The van der Waals surface area contributed by atoms with Crippen molar-refractivity contribution in [1.82, 2.24) is 15.5 Å². The van der Waals surface area contributed by atoms with Gasteiger partial charge in [-0.1, -0.05) is 61.8 Å². The van der Waals surface area contributed by atoms with Crippen LogP contribution in [0.1, 0.15) is 25.5 Å². The van der Waals surface area contributed by atoms with Crippen molar-refractivity contribution in [2.75, 3.05) is 27.2 Å². The van der Waals surface area contributed by atoms with Crippen LogP contribution in [0.5, 0.6) is 5.75 Å². The first-order valence-corrected chi connectivity index (χ1v) is 10.3. The van der Waals surface area contributed by atoms with E-state index in [9.17, 15) is 9.59 Å². The lowest BCUT2D eigenvalue weighted by molar-refractivity contribution is -0.131. The molecule has 0 aliphatic heterocycles. The minimum absolute atomic E-state index is 0.0798. The van der Waals surface area contributed by atoms with Crippen LogP contribution >= 0.6 is 11.6 Å². The molecule has 0 bridgehead atoms. The molecule has 162 valence electrons. The highest BCUT2D eigenvalue weighted by molar-refractivity contribution is 6.31. The van der Waals surface area contributed by atoms with Crippen LogP contribution in [0.2, 0.25) is 5.02 Å². The highest BCUT2D eigenvalue weighted by atomic mass is 35.5. The fraction of sp³-hybridized carbons (Fsp3) is 0.391. The third kappa shape index (κ3) is 7.04. The predicted octanol–water partition coefficient (Wildman–Crippen LogP) is 3.28. The summed E-state index contributed by atoms with van der Waals surface area (Å²) >= 11 is 6.34. The first kappa shape index (κ1) is 23.7. The molecule has 0 heterocycles. The molecule has 0 aromatic heterocycles. The molecule has 2 atom stereocenters. The molecule has 30 heavy (non-hydrogen) atoms. The third-order valence-electron chi connectivity index (χ3n) is 4.74. The van der Waals surface area contributed by atoms with Crippen LogP contribution < -0.4 is 15.4 Å². The lowest BCUT2D eigenvalue weighted by Crippen LogP contribution is -2.52. The molecule has 1 unspecified atom stereocenters. The molecule has 2 amide bonds. The molecule has 0 saturated carbocycles. The molecule has 2 rings (SSSR count). The molecule has 0 spiro atoms. The largest absolute Gasteiger partial charge is 0.484 e. The Balaban J connectivity index is 1.95. The van der Waals surface area contributed by atoms with Gasteiger partial charge in [0.2, 0.25) is 5.91 Å². The summed E-state index contributed by atoms with van der Waals surface area (Å²) in [7, 11) is 3.87. The Morgan fingerprint density at radius 2 is 1.67 bits per heavy atom. The Morgan fingerprint density at radius 3 is 2.27 bits per heavy atom. The number of nitrogens with zero attached hydrogens (tertiary/aromatic N) is 1. The van der Waals surface area contributed by atoms with Crippen molar-refractivity contribution in [3.05, 3.63) is 65.2 Å². The third-order valence-corrected chi connectivity index (χ3v) is 5.08. The number of para-hydroxylation sites is 1. The van der Waals surface area contributed by atoms with Gasteiger partial charge in [0.05, 0.1) is 6.04 Å². The lowest BCUT2D eigenvalue weighted by Gasteiger charge is -2.28. The van der Waals surface area contributed by atoms with Crippen molar-refractivity contribution >= 4 is 23.4 Å². The first-order chi connectivity index (χ1) is 14.3. The predicted molar refractivity (Wildman–Crippen MR) is 120 cm³/mol. The summed E-state index contributed by atoms with van der Waals surface area (Å²) in [6.07, 6.45) is 0. The van der Waals surface area contributed by atoms with E-state index < -0.39 is 6.04 Å². The SMILES string of the molecule is CC(C)[C@H](NC(=O)COc1ccccc1)C(=O)NCC(c1ccccc1Cl)N(C)C. The van der Waals surface area contributed by atoms with Gasteiger partial charge in [0.1, 0.15) is 11.8 Å². The molecule has 0 aliphatic carbocycles. The molecule has 2 aromatic rings. The number of likely N-dealkylation sites (N-methyl/N-ethyl adjacent to an activating group) is 1. The number of benzene rings is 2. The van der Waals surface area contributed by atoms with Crippen molar-refractivity contribution in [3.8, 4) is 5.75 Å². The van der Waals surface area contributed by atoms with E-state index in [4.69, 9.17) is 16.3 Å². The topological polar surface area (TPSA) is 70.7 Å². The van der Waals surface area contributed by atoms with Gasteiger partial charge in [0, 0.05) is 11.6 Å². The summed E-state index contributed by atoms with van der Waals surface area (Å²) in [5.74, 6) is -0.0597. The van der Waals surface area contributed by atoms with E-state index in [1.807, 2.05) is 75.3 Å². The van der Waals surface area contributed by atoms with Crippen LogP contribution in [0.3, 0.4) is 0 Å². The molecule has 0 fully saturated rings. The average Bonchev–Trinajstić information content (AvgIpc) is 2.72. The van der Waals surface area contributed by atoms with Gasteiger partial charge >= 0.3 is 0 Å². The quantitative estimate of drug-likeness (QED) is 0.605. The molecule has 0 saturated heterocycles. The maximum atomic E-state index is 12.8. The van der Waals surface area contributed by atoms with E-state index in [1.165, 1.54) is 0 Å². The van der Waals surface area contributed by atoms with Gasteiger partial charge in [-0.05, 0) is 43.8 Å². The minimum atomic E-state index is -0.661. The second-order valence-corrected chi connectivity index (χ2v) is 8.04. The highest BCUT2D eigenvalue weighted by Gasteiger charge is 2.26.